The fraction of sp³-hybridized carbons (Fsp3) is 0.458. The molecular weight excluding hydrogens is 395 g/mol. The fourth-order valence-corrected chi connectivity index (χ4v) is 4.37. The topological polar surface area (TPSA) is 79.9 Å². The highest BCUT2D eigenvalue weighted by atomic mass is 19.1. The molecule has 0 aliphatic heterocycles. The van der Waals surface area contributed by atoms with E-state index in [9.17, 15) is 9.18 Å². The van der Waals surface area contributed by atoms with Crippen LogP contribution in [0.2, 0.25) is 0 Å². The molecule has 3 aromatic rings. The van der Waals surface area contributed by atoms with Gasteiger partial charge in [0.15, 0.2) is 0 Å². The van der Waals surface area contributed by atoms with Gasteiger partial charge in [-0.25, -0.2) is 14.4 Å². The Morgan fingerprint density at radius 2 is 2.06 bits per heavy atom. The van der Waals surface area contributed by atoms with Gasteiger partial charge in [0.1, 0.15) is 29.5 Å². The summed E-state index contributed by atoms with van der Waals surface area (Å²) in [5.74, 6) is 1.12. The van der Waals surface area contributed by atoms with Crippen molar-refractivity contribution in [1.82, 2.24) is 20.3 Å². The molecule has 0 unspecified atom stereocenters. The van der Waals surface area contributed by atoms with E-state index in [4.69, 9.17) is 4.74 Å². The van der Waals surface area contributed by atoms with Crippen LogP contribution in [-0.4, -0.2) is 39.7 Å². The van der Waals surface area contributed by atoms with Crippen LogP contribution in [0.3, 0.4) is 0 Å². The number of hydrogen-bond acceptors (Lipinski definition) is 4. The molecule has 2 saturated carbocycles. The number of H-pyrrole nitrogens is 1. The van der Waals surface area contributed by atoms with Crippen LogP contribution in [0.1, 0.15) is 53.7 Å². The Bertz CT molecular complexity index is 1140. The summed E-state index contributed by atoms with van der Waals surface area (Å²) in [7, 11) is 0. The average Bonchev–Trinajstić information content (AvgIpc) is 3.40. The van der Waals surface area contributed by atoms with Gasteiger partial charge in [0.25, 0.3) is 5.91 Å². The first-order chi connectivity index (χ1) is 15.0. The first kappa shape index (κ1) is 20.0. The lowest BCUT2D eigenvalue weighted by atomic mass is 10.1. The largest absolute Gasteiger partial charge is 0.493 e. The number of hydrogen-bond donors (Lipinski definition) is 2. The monoisotopic (exact) mass is 422 g/mol. The van der Waals surface area contributed by atoms with E-state index < -0.39 is 12.2 Å². The summed E-state index contributed by atoms with van der Waals surface area (Å²) >= 11 is 0. The van der Waals surface area contributed by atoms with E-state index in [1.165, 1.54) is 19.2 Å². The summed E-state index contributed by atoms with van der Waals surface area (Å²) in [6.45, 7) is 4.57. The van der Waals surface area contributed by atoms with Crippen LogP contribution < -0.4 is 10.1 Å². The number of alkyl halides is 1. The maximum Gasteiger partial charge on any atom is 0.255 e. The maximum absolute atomic E-state index is 14.0. The number of rotatable bonds is 6. The molecule has 7 heteroatoms. The molecular formula is C24H27FN4O2. The van der Waals surface area contributed by atoms with Crippen molar-refractivity contribution in [2.45, 2.75) is 58.2 Å². The summed E-state index contributed by atoms with van der Waals surface area (Å²) in [6.07, 6.45) is 4.88. The Labute approximate surface area is 180 Å². The molecule has 2 aliphatic rings. The van der Waals surface area contributed by atoms with Crippen LogP contribution in [0.5, 0.6) is 5.75 Å². The number of aromatic nitrogens is 3. The Balaban J connectivity index is 1.53. The highest BCUT2D eigenvalue weighted by Crippen LogP contribution is 2.37. The standard InChI is InChI=1S/C24H27FN4O2/c1-13-6-9-19(31-11-15-7-8-15)16(10-13)21-23-22(27-12-26-21)20(14(2)28-23)24(30)29-18-5-3-4-17(18)25/h6,9-10,12,15,17-18,28H,3-5,7-8,11H2,1-2H3,(H,29,30)/t17-,18+/m0/s1. The number of carbonyl (C=O) groups excluding carboxylic acids is 1. The average molecular weight is 423 g/mol. The second kappa shape index (κ2) is 7.94. The van der Waals surface area contributed by atoms with Gasteiger partial charge in [-0.15, -0.1) is 0 Å². The van der Waals surface area contributed by atoms with Crippen molar-refractivity contribution in [3.63, 3.8) is 0 Å². The van der Waals surface area contributed by atoms with Gasteiger partial charge in [0.05, 0.1) is 23.7 Å². The van der Waals surface area contributed by atoms with E-state index in [-0.39, 0.29) is 5.91 Å². The highest BCUT2D eigenvalue weighted by molar-refractivity contribution is 6.09. The molecule has 2 aromatic heterocycles. The zero-order valence-corrected chi connectivity index (χ0v) is 17.9. The zero-order valence-electron chi connectivity index (χ0n) is 17.9. The molecule has 1 amide bonds. The molecule has 2 atom stereocenters. The van der Waals surface area contributed by atoms with Gasteiger partial charge < -0.3 is 15.0 Å². The van der Waals surface area contributed by atoms with E-state index in [2.05, 4.69) is 20.3 Å². The molecule has 0 spiro atoms. The molecule has 5 rings (SSSR count). The van der Waals surface area contributed by atoms with Crippen molar-refractivity contribution < 1.29 is 13.9 Å². The molecule has 2 fully saturated rings. The van der Waals surface area contributed by atoms with Gasteiger partial charge in [0.2, 0.25) is 0 Å². The predicted molar refractivity (Wildman–Crippen MR) is 117 cm³/mol. The number of carbonyl (C=O) groups is 1. The second-order valence-electron chi connectivity index (χ2n) is 8.85. The van der Waals surface area contributed by atoms with E-state index in [0.717, 1.165) is 23.3 Å². The number of aryl methyl sites for hydroxylation is 2. The third kappa shape index (κ3) is 3.89. The van der Waals surface area contributed by atoms with Crippen molar-refractivity contribution in [3.8, 4) is 17.0 Å². The fourth-order valence-electron chi connectivity index (χ4n) is 4.37. The summed E-state index contributed by atoms with van der Waals surface area (Å²) in [5, 5.41) is 2.86. The molecule has 0 radical (unpaired) electrons. The number of halogens is 1. The molecule has 162 valence electrons. The van der Waals surface area contributed by atoms with Gasteiger partial charge in [-0.1, -0.05) is 11.6 Å². The van der Waals surface area contributed by atoms with Crippen LogP contribution in [0.25, 0.3) is 22.3 Å². The minimum atomic E-state index is -0.988. The van der Waals surface area contributed by atoms with E-state index in [0.29, 0.717) is 53.4 Å². The summed E-state index contributed by atoms with van der Waals surface area (Å²) in [5.41, 5.74) is 5.05. The van der Waals surface area contributed by atoms with E-state index in [1.807, 2.05) is 32.0 Å². The lowest BCUT2D eigenvalue weighted by Gasteiger charge is -2.15. The van der Waals surface area contributed by atoms with Crippen molar-refractivity contribution in [2.24, 2.45) is 5.92 Å². The molecule has 2 aliphatic carbocycles. The van der Waals surface area contributed by atoms with Gasteiger partial charge in [-0.05, 0) is 64.0 Å². The number of nitrogens with one attached hydrogen (secondary N) is 2. The third-order valence-corrected chi connectivity index (χ3v) is 6.31. The lowest BCUT2D eigenvalue weighted by molar-refractivity contribution is 0.0920. The van der Waals surface area contributed by atoms with Crippen LogP contribution in [0, 0.1) is 19.8 Å². The second-order valence-corrected chi connectivity index (χ2v) is 8.85. The zero-order chi connectivity index (χ0) is 21.5. The molecule has 0 bridgehead atoms. The summed E-state index contributed by atoms with van der Waals surface area (Å²) in [6, 6.07) is 5.62. The van der Waals surface area contributed by atoms with Crippen LogP contribution in [-0.2, 0) is 0 Å². The number of benzene rings is 1. The minimum Gasteiger partial charge on any atom is -0.493 e. The molecule has 31 heavy (non-hydrogen) atoms. The van der Waals surface area contributed by atoms with Gasteiger partial charge in [-0.2, -0.15) is 0 Å². The maximum atomic E-state index is 14.0. The van der Waals surface area contributed by atoms with Gasteiger partial charge >= 0.3 is 0 Å². The molecule has 0 saturated heterocycles. The smallest absolute Gasteiger partial charge is 0.255 e. The van der Waals surface area contributed by atoms with Crippen molar-refractivity contribution in [1.29, 1.82) is 0 Å². The number of fused-ring (bicyclic) bond motifs is 1. The molecule has 6 nitrogen and oxygen atoms in total. The minimum absolute atomic E-state index is 0.294. The summed E-state index contributed by atoms with van der Waals surface area (Å²) < 4.78 is 20.2. The Morgan fingerprint density at radius 1 is 1.23 bits per heavy atom. The van der Waals surface area contributed by atoms with Crippen molar-refractivity contribution in [3.05, 3.63) is 41.3 Å². The highest BCUT2D eigenvalue weighted by Gasteiger charge is 2.30. The lowest BCUT2D eigenvalue weighted by Crippen LogP contribution is -2.38. The Hall–Kier alpha value is -2.96. The first-order valence-corrected chi connectivity index (χ1v) is 11.0. The number of aromatic amines is 1. The number of nitrogens with zero attached hydrogens (tertiary/aromatic N) is 2. The molecule has 2 heterocycles. The predicted octanol–water partition coefficient (Wildman–Crippen LogP) is 4.65. The quantitative estimate of drug-likeness (QED) is 0.606. The third-order valence-electron chi connectivity index (χ3n) is 6.31. The normalized spacial score (nSPS) is 20.9. The van der Waals surface area contributed by atoms with Crippen LogP contribution >= 0.6 is 0 Å². The van der Waals surface area contributed by atoms with Crippen LogP contribution in [0.15, 0.2) is 24.5 Å². The van der Waals surface area contributed by atoms with Crippen LogP contribution in [0.4, 0.5) is 4.39 Å². The van der Waals surface area contributed by atoms with Crippen molar-refractivity contribution in [2.75, 3.05) is 6.61 Å². The Kier molecular flexibility index (Phi) is 5.12. The molecule has 1 aromatic carbocycles. The number of amides is 1. The van der Waals surface area contributed by atoms with E-state index >= 15 is 0 Å². The first-order valence-electron chi connectivity index (χ1n) is 11.0. The van der Waals surface area contributed by atoms with Crippen molar-refractivity contribution >= 4 is 16.9 Å². The molecule has 2 N–H and O–H groups in total. The van der Waals surface area contributed by atoms with Gasteiger partial charge in [0, 0.05) is 11.3 Å². The van der Waals surface area contributed by atoms with Gasteiger partial charge in [-0.3, -0.25) is 4.79 Å². The Morgan fingerprint density at radius 3 is 2.81 bits per heavy atom. The number of ether oxygens (including phenoxy) is 1. The SMILES string of the molecule is Cc1ccc(OCC2CC2)c(-c2ncnc3c(C(=O)N[C@@H]4CCC[C@@H]4F)c(C)[nH]c23)c1. The summed E-state index contributed by atoms with van der Waals surface area (Å²) in [4.78, 5) is 25.3. The van der Waals surface area contributed by atoms with E-state index in [1.54, 1.807) is 0 Å².